The van der Waals surface area contributed by atoms with Gasteiger partial charge in [-0.2, -0.15) is 8.78 Å². The maximum atomic E-state index is 13.1. The smallest absolute Gasteiger partial charge is 0.389 e. The molecule has 0 aromatic heterocycles. The molecule has 0 aliphatic carbocycles. The molecule has 6 nitrogen and oxygen atoms in total. The molecule has 1 N–H and O–H groups in total. The van der Waals surface area contributed by atoms with Crippen LogP contribution < -0.4 is 4.74 Å². The van der Waals surface area contributed by atoms with E-state index in [1.54, 1.807) is 20.8 Å². The Morgan fingerprint density at radius 2 is 1.67 bits per heavy atom. The third-order valence-corrected chi connectivity index (χ3v) is 5.25. The number of hydrogen-bond donors (Lipinski definition) is 1. The number of carboxylic acids is 1. The van der Waals surface area contributed by atoms with Gasteiger partial charge in [0.15, 0.2) is 12.4 Å². The molecule has 0 aliphatic heterocycles. The average Bonchev–Trinajstić information content (AvgIpc) is 2.49. The van der Waals surface area contributed by atoms with E-state index in [1.165, 1.54) is 12.1 Å². The number of carboxylic acid groups (broad SMARTS) is 1. The number of aliphatic carboxylic acids is 1. The van der Waals surface area contributed by atoms with Crippen LogP contribution in [0, 0.1) is 7.14 Å². The van der Waals surface area contributed by atoms with Crippen LogP contribution in [0.25, 0.3) is 0 Å². The van der Waals surface area contributed by atoms with Crippen LogP contribution in [-0.2, 0) is 14.3 Å². The average molecular weight is 628 g/mol. The van der Waals surface area contributed by atoms with Gasteiger partial charge in [0, 0.05) is 5.56 Å². The largest absolute Gasteiger partial charge is 0.480 e. The van der Waals surface area contributed by atoms with E-state index in [0.29, 0.717) is 12.9 Å². The van der Waals surface area contributed by atoms with Gasteiger partial charge in [0.25, 0.3) is 0 Å². The topological polar surface area (TPSA) is 89.9 Å². The van der Waals surface area contributed by atoms with Crippen molar-refractivity contribution < 1.29 is 37.7 Å². The van der Waals surface area contributed by atoms with Crippen LogP contribution in [0.3, 0.4) is 0 Å². The summed E-state index contributed by atoms with van der Waals surface area (Å²) in [6.45, 7) is 4.86. The second kappa shape index (κ2) is 9.67. The Morgan fingerprint density at radius 3 is 2.11 bits per heavy atom. The lowest BCUT2D eigenvalue weighted by Gasteiger charge is -2.20. The Morgan fingerprint density at radius 1 is 1.15 bits per heavy atom. The van der Waals surface area contributed by atoms with Crippen molar-refractivity contribution in [2.45, 2.75) is 31.6 Å². The molecular weight excluding hydrogens is 612 g/mol. The Balaban J connectivity index is 2.81. The summed E-state index contributed by atoms with van der Waals surface area (Å²) >= 11 is 3.53. The fourth-order valence-corrected chi connectivity index (χ4v) is 4.34. The number of Topliss-reactive ketones (excluding diaryl/α,β-unsaturated/α-hetero) is 1. The molecule has 0 saturated carbocycles. The van der Waals surface area contributed by atoms with Crippen molar-refractivity contribution in [1.29, 1.82) is 0 Å². The van der Waals surface area contributed by atoms with Gasteiger partial charge in [-0.3, -0.25) is 4.79 Å². The van der Waals surface area contributed by atoms with Crippen molar-refractivity contribution in [3.8, 4) is 5.75 Å². The zero-order chi connectivity index (χ0) is 21.0. The lowest BCUT2D eigenvalue weighted by molar-refractivity contribution is -0.157. The van der Waals surface area contributed by atoms with E-state index in [4.69, 9.17) is 14.6 Å². The summed E-state index contributed by atoms with van der Waals surface area (Å²) in [7, 11) is 0. The summed E-state index contributed by atoms with van der Waals surface area (Å²) in [5.41, 5.74) is -0.505. The Hall–Kier alpha value is -0.700. The Labute approximate surface area is 186 Å². The second-order valence-electron chi connectivity index (χ2n) is 6.18. The van der Waals surface area contributed by atoms with Gasteiger partial charge in [0.05, 0.1) is 12.9 Å². The number of ketones is 1. The number of benzene rings is 1. The first-order valence-electron chi connectivity index (χ1n) is 7.35. The predicted molar refractivity (Wildman–Crippen MR) is 113 cm³/mol. The van der Waals surface area contributed by atoms with Gasteiger partial charge in [-0.05, 0) is 78.1 Å². The van der Waals surface area contributed by atoms with Crippen molar-refractivity contribution in [3.05, 3.63) is 24.8 Å². The molecule has 150 valence electrons. The van der Waals surface area contributed by atoms with Crippen LogP contribution in [-0.4, -0.2) is 46.0 Å². The van der Waals surface area contributed by atoms with Crippen molar-refractivity contribution in [1.82, 2.24) is 0 Å². The van der Waals surface area contributed by atoms with Gasteiger partial charge in [0.2, 0.25) is 0 Å². The third-order valence-electron chi connectivity index (χ3n) is 2.71. The Bertz CT molecular complexity index is 726. The summed E-state index contributed by atoms with van der Waals surface area (Å²) in [6.07, 6.45) is 0. The fourth-order valence-electron chi connectivity index (χ4n) is 1.66. The lowest BCUT2D eigenvalue weighted by Crippen LogP contribution is -2.27. The van der Waals surface area contributed by atoms with E-state index in [-0.39, 0.29) is 23.9 Å². The fraction of sp³-hybridized carbons (Fsp3) is 0.438. The van der Waals surface area contributed by atoms with Gasteiger partial charge in [-0.15, -0.1) is 0 Å². The lowest BCUT2D eigenvalue weighted by atomic mass is 10.1. The highest BCUT2D eigenvalue weighted by atomic mass is 127. The number of esters is 1. The van der Waals surface area contributed by atoms with Gasteiger partial charge in [-0.25, -0.2) is 9.59 Å². The van der Waals surface area contributed by atoms with E-state index in [2.05, 4.69) is 0 Å². The van der Waals surface area contributed by atoms with Crippen LogP contribution in [0.5, 0.6) is 5.75 Å². The number of ether oxygens (including phenoxy) is 2. The molecule has 27 heavy (non-hydrogen) atoms. The SMILES string of the molecule is CC(C)(C)OC(=O)COc1c(I)cc(C(=O)CSC(F)(F)C(=O)O)cc1I. The number of halogens is 4. The molecule has 0 radical (unpaired) electrons. The first-order chi connectivity index (χ1) is 12.2. The van der Waals surface area contributed by atoms with E-state index in [1.807, 2.05) is 45.2 Å². The van der Waals surface area contributed by atoms with Gasteiger partial charge >= 0.3 is 17.2 Å². The molecule has 1 aromatic rings. The molecule has 0 atom stereocenters. The number of hydrogen-bond acceptors (Lipinski definition) is 6. The molecular formula is C16H16F2I2O6S. The zero-order valence-corrected chi connectivity index (χ0v) is 19.6. The van der Waals surface area contributed by atoms with Crippen LogP contribution in [0.15, 0.2) is 12.1 Å². The standard InChI is InChI=1S/C16H16F2I2O6S/c1-15(2,3)26-12(22)6-25-13-9(19)4-8(5-10(13)20)11(21)7-27-16(17,18)14(23)24/h4-5H,6-7H2,1-3H3,(H,23,24). The summed E-state index contributed by atoms with van der Waals surface area (Å²) in [4.78, 5) is 34.2. The predicted octanol–water partition coefficient (Wildman–Crippen LogP) is 4.21. The van der Waals surface area contributed by atoms with Gasteiger partial charge < -0.3 is 14.6 Å². The molecule has 0 spiro atoms. The van der Waals surface area contributed by atoms with Crippen LogP contribution >= 0.6 is 56.9 Å². The second-order valence-corrected chi connectivity index (χ2v) is 9.59. The monoisotopic (exact) mass is 628 g/mol. The minimum Gasteiger partial charge on any atom is -0.480 e. The van der Waals surface area contributed by atoms with E-state index >= 15 is 0 Å². The molecule has 1 rings (SSSR count). The van der Waals surface area contributed by atoms with Crippen molar-refractivity contribution in [2.75, 3.05) is 12.4 Å². The normalized spacial score (nSPS) is 11.8. The minimum atomic E-state index is -4.04. The quantitative estimate of drug-likeness (QED) is 0.262. The zero-order valence-electron chi connectivity index (χ0n) is 14.5. The van der Waals surface area contributed by atoms with Gasteiger partial charge in [-0.1, -0.05) is 11.8 Å². The van der Waals surface area contributed by atoms with Crippen LogP contribution in [0.1, 0.15) is 31.1 Å². The minimum absolute atomic E-state index is 0.141. The first kappa shape index (κ1) is 24.3. The maximum absolute atomic E-state index is 13.1. The summed E-state index contributed by atoms with van der Waals surface area (Å²) in [5, 5.41) is 4.35. The summed E-state index contributed by atoms with van der Waals surface area (Å²) in [6, 6.07) is 2.85. The molecule has 0 saturated heterocycles. The number of carbonyl (C=O) groups is 3. The van der Waals surface area contributed by atoms with Crippen molar-refractivity contribution in [2.24, 2.45) is 0 Å². The molecule has 0 fully saturated rings. The molecule has 0 amide bonds. The van der Waals surface area contributed by atoms with Crippen molar-refractivity contribution in [3.63, 3.8) is 0 Å². The third kappa shape index (κ3) is 8.05. The molecule has 0 unspecified atom stereocenters. The molecule has 1 aromatic carbocycles. The van der Waals surface area contributed by atoms with Gasteiger partial charge in [0.1, 0.15) is 11.4 Å². The maximum Gasteiger partial charge on any atom is 0.389 e. The highest BCUT2D eigenvalue weighted by Gasteiger charge is 2.40. The Kier molecular flexibility index (Phi) is 8.72. The number of alkyl halides is 2. The summed E-state index contributed by atoms with van der Waals surface area (Å²) < 4.78 is 37.8. The highest BCUT2D eigenvalue weighted by Crippen LogP contribution is 2.32. The first-order valence-corrected chi connectivity index (χ1v) is 10.5. The summed E-state index contributed by atoms with van der Waals surface area (Å²) in [5.74, 6) is -3.82. The van der Waals surface area contributed by atoms with E-state index < -0.39 is 34.3 Å². The van der Waals surface area contributed by atoms with E-state index in [9.17, 15) is 23.2 Å². The number of carbonyl (C=O) groups excluding carboxylic acids is 2. The van der Waals surface area contributed by atoms with Crippen molar-refractivity contribution >= 4 is 74.7 Å². The number of rotatable bonds is 8. The highest BCUT2D eigenvalue weighted by molar-refractivity contribution is 14.1. The molecule has 11 heteroatoms. The molecule has 0 heterocycles. The molecule has 0 aliphatic rings. The van der Waals surface area contributed by atoms with Crippen LogP contribution in [0.2, 0.25) is 0 Å². The number of thioether (sulfide) groups is 1. The molecule has 0 bridgehead atoms. The van der Waals surface area contributed by atoms with E-state index in [0.717, 1.165) is 0 Å². The van der Waals surface area contributed by atoms with Crippen LogP contribution in [0.4, 0.5) is 8.78 Å².